The van der Waals surface area contributed by atoms with E-state index in [1.807, 2.05) is 37.8 Å². The molecule has 2 atom stereocenters. The number of hydroxylamine groups is 4. The van der Waals surface area contributed by atoms with E-state index in [1.54, 1.807) is 0 Å². The van der Waals surface area contributed by atoms with Gasteiger partial charge >= 0.3 is 11.9 Å². The van der Waals surface area contributed by atoms with E-state index in [1.165, 1.54) is 0 Å². The van der Waals surface area contributed by atoms with Gasteiger partial charge in [-0.3, -0.25) is 19.3 Å². The van der Waals surface area contributed by atoms with Crippen LogP contribution in [0.1, 0.15) is 128 Å². The third-order valence-electron chi connectivity index (χ3n) is 7.53. The Morgan fingerprint density at radius 2 is 0.973 bits per heavy atom. The predicted molar refractivity (Wildman–Crippen MR) is 145 cm³/mol. The molecular weight excluding hydrogens is 472 g/mol. The highest BCUT2D eigenvalue weighted by molar-refractivity contribution is 5.70. The minimum Gasteiger partial charge on any atom is -0.460 e. The Morgan fingerprint density at radius 3 is 1.27 bits per heavy atom. The third kappa shape index (κ3) is 7.90. The Hall–Kier alpha value is -1.22. The predicted octanol–water partition coefficient (Wildman–Crippen LogP) is 5.97. The fourth-order valence-electron chi connectivity index (χ4n) is 5.90. The molecule has 216 valence electrons. The smallest absolute Gasteiger partial charge is 0.306 e. The second kappa shape index (κ2) is 11.9. The highest BCUT2D eigenvalue weighted by Crippen LogP contribution is 2.44. The van der Waals surface area contributed by atoms with Crippen LogP contribution in [0.2, 0.25) is 0 Å². The lowest BCUT2D eigenvalue weighted by molar-refractivity contribution is -0.268. The van der Waals surface area contributed by atoms with Gasteiger partial charge < -0.3 is 9.47 Å². The number of carbonyl (C=O) groups excluding carboxylic acids is 2. The SMILES string of the molecule is CC(C)ON1C(C)(C)CC(OC(=O)CCCCCC(=O)OC2CC(C)(C)N(OC(C)C)C2(C)C)C1(C)C. The van der Waals surface area contributed by atoms with Gasteiger partial charge in [0.15, 0.2) is 0 Å². The fourth-order valence-corrected chi connectivity index (χ4v) is 5.90. The van der Waals surface area contributed by atoms with Gasteiger partial charge in [-0.1, -0.05) is 6.42 Å². The summed E-state index contributed by atoms with van der Waals surface area (Å²) in [6.45, 7) is 24.8. The first-order chi connectivity index (χ1) is 16.8. The quantitative estimate of drug-likeness (QED) is 0.227. The fraction of sp³-hybridized carbons (Fsp3) is 0.931. The van der Waals surface area contributed by atoms with E-state index in [0.29, 0.717) is 25.7 Å². The molecule has 0 spiro atoms. The van der Waals surface area contributed by atoms with Crippen LogP contribution in [-0.2, 0) is 28.7 Å². The third-order valence-corrected chi connectivity index (χ3v) is 7.53. The van der Waals surface area contributed by atoms with Gasteiger partial charge in [0.2, 0.25) is 0 Å². The molecule has 2 unspecified atom stereocenters. The van der Waals surface area contributed by atoms with Gasteiger partial charge in [-0.2, -0.15) is 10.1 Å². The molecule has 0 bridgehead atoms. The second-order valence-electron chi connectivity index (χ2n) is 13.8. The van der Waals surface area contributed by atoms with E-state index in [4.69, 9.17) is 19.1 Å². The summed E-state index contributed by atoms with van der Waals surface area (Å²) in [6, 6.07) is 0. The Bertz CT molecular complexity index is 725. The van der Waals surface area contributed by atoms with Gasteiger partial charge in [0.1, 0.15) is 12.2 Å². The number of hydrogen-bond acceptors (Lipinski definition) is 8. The number of rotatable bonds is 12. The van der Waals surface area contributed by atoms with Crippen molar-refractivity contribution >= 4 is 11.9 Å². The Kier molecular flexibility index (Phi) is 10.3. The molecule has 2 heterocycles. The van der Waals surface area contributed by atoms with Crippen molar-refractivity contribution in [3.63, 3.8) is 0 Å². The van der Waals surface area contributed by atoms with E-state index in [0.717, 1.165) is 19.3 Å². The standard InChI is InChI=1S/C29H54N2O6/c1-20(2)36-30-26(5,6)18-22(28(30,9)10)34-24(32)16-14-13-15-17-25(33)35-23-19-27(7,8)31(29(23,11)12)37-21(3)4/h20-23H,13-19H2,1-12H3. The second-order valence-corrected chi connectivity index (χ2v) is 13.8. The molecule has 0 amide bonds. The number of nitrogens with zero attached hydrogens (tertiary/aromatic N) is 2. The molecule has 8 nitrogen and oxygen atoms in total. The summed E-state index contributed by atoms with van der Waals surface area (Å²) < 4.78 is 11.8. The van der Waals surface area contributed by atoms with Crippen LogP contribution < -0.4 is 0 Å². The Labute approximate surface area is 225 Å². The number of unbranched alkanes of at least 4 members (excludes halogenated alkanes) is 2. The molecule has 0 aromatic carbocycles. The van der Waals surface area contributed by atoms with Crippen LogP contribution in [0.5, 0.6) is 0 Å². The maximum atomic E-state index is 12.6. The molecule has 2 aliphatic heterocycles. The van der Waals surface area contributed by atoms with Crippen molar-refractivity contribution in [3.05, 3.63) is 0 Å². The lowest BCUT2D eigenvalue weighted by Crippen LogP contribution is -2.52. The molecule has 2 saturated heterocycles. The molecule has 0 aliphatic carbocycles. The maximum Gasteiger partial charge on any atom is 0.306 e. The first-order valence-electron chi connectivity index (χ1n) is 14.1. The molecule has 0 radical (unpaired) electrons. The van der Waals surface area contributed by atoms with Crippen molar-refractivity contribution in [1.82, 2.24) is 10.1 Å². The number of ether oxygens (including phenoxy) is 2. The topological polar surface area (TPSA) is 77.5 Å². The summed E-state index contributed by atoms with van der Waals surface area (Å²) in [7, 11) is 0. The monoisotopic (exact) mass is 526 g/mol. The molecule has 8 heteroatoms. The Morgan fingerprint density at radius 1 is 0.649 bits per heavy atom. The Balaban J connectivity index is 1.75. The van der Waals surface area contributed by atoms with Gasteiger partial charge in [0.25, 0.3) is 0 Å². The summed E-state index contributed by atoms with van der Waals surface area (Å²) in [5.41, 5.74) is -1.27. The highest BCUT2D eigenvalue weighted by Gasteiger charge is 2.56. The molecular formula is C29H54N2O6. The van der Waals surface area contributed by atoms with Gasteiger partial charge in [-0.05, 0) is 95.9 Å². The van der Waals surface area contributed by atoms with Crippen molar-refractivity contribution in [2.24, 2.45) is 0 Å². The van der Waals surface area contributed by atoms with Crippen molar-refractivity contribution in [2.45, 2.75) is 175 Å². The van der Waals surface area contributed by atoms with Crippen molar-refractivity contribution in [2.75, 3.05) is 0 Å². The minimum atomic E-state index is -0.411. The van der Waals surface area contributed by atoms with Gasteiger partial charge in [0.05, 0.1) is 23.3 Å². The summed E-state index contributed by atoms with van der Waals surface area (Å²) in [5.74, 6) is -0.383. The summed E-state index contributed by atoms with van der Waals surface area (Å²) in [4.78, 5) is 37.4. The molecule has 2 rings (SSSR count). The zero-order valence-corrected chi connectivity index (χ0v) is 25.6. The summed E-state index contributed by atoms with van der Waals surface area (Å²) in [6.07, 6.45) is 3.92. The average molecular weight is 527 g/mol. The first-order valence-corrected chi connectivity index (χ1v) is 14.1. The summed E-state index contributed by atoms with van der Waals surface area (Å²) >= 11 is 0. The first kappa shape index (κ1) is 32.0. The van der Waals surface area contributed by atoms with Gasteiger partial charge in [0, 0.05) is 36.8 Å². The van der Waals surface area contributed by atoms with E-state index >= 15 is 0 Å². The zero-order valence-electron chi connectivity index (χ0n) is 25.6. The van der Waals surface area contributed by atoms with Crippen LogP contribution in [0.15, 0.2) is 0 Å². The molecule has 0 saturated carbocycles. The number of esters is 2. The van der Waals surface area contributed by atoms with Crippen LogP contribution in [0.4, 0.5) is 0 Å². The molecule has 0 N–H and O–H groups in total. The summed E-state index contributed by atoms with van der Waals surface area (Å²) in [5, 5.41) is 3.99. The van der Waals surface area contributed by atoms with E-state index in [9.17, 15) is 9.59 Å². The van der Waals surface area contributed by atoms with Gasteiger partial charge in [-0.25, -0.2) is 0 Å². The molecule has 37 heavy (non-hydrogen) atoms. The van der Waals surface area contributed by atoms with Crippen molar-refractivity contribution < 1.29 is 28.7 Å². The van der Waals surface area contributed by atoms with E-state index in [-0.39, 0.29) is 47.4 Å². The van der Waals surface area contributed by atoms with Crippen LogP contribution in [0, 0.1) is 0 Å². The maximum absolute atomic E-state index is 12.6. The normalized spacial score (nSPS) is 26.6. The lowest BCUT2D eigenvalue weighted by atomic mass is 9.97. The van der Waals surface area contributed by atoms with Crippen molar-refractivity contribution in [3.8, 4) is 0 Å². The zero-order chi connectivity index (χ0) is 28.4. The van der Waals surface area contributed by atoms with Crippen molar-refractivity contribution in [1.29, 1.82) is 0 Å². The van der Waals surface area contributed by atoms with Crippen LogP contribution >= 0.6 is 0 Å². The lowest BCUT2D eigenvalue weighted by Gasteiger charge is -2.40. The molecule has 2 aliphatic rings. The minimum absolute atomic E-state index is 0.0539. The molecule has 0 aromatic heterocycles. The van der Waals surface area contributed by atoms with Crippen LogP contribution in [0.25, 0.3) is 0 Å². The largest absolute Gasteiger partial charge is 0.460 e. The number of hydrogen-bond donors (Lipinski definition) is 0. The average Bonchev–Trinajstić information content (AvgIpc) is 2.99. The highest BCUT2D eigenvalue weighted by atomic mass is 16.7. The molecule has 2 fully saturated rings. The molecule has 0 aromatic rings. The van der Waals surface area contributed by atoms with E-state index in [2.05, 4.69) is 55.4 Å². The van der Waals surface area contributed by atoms with Crippen LogP contribution in [-0.4, -0.2) is 68.6 Å². The van der Waals surface area contributed by atoms with Gasteiger partial charge in [-0.15, -0.1) is 0 Å². The van der Waals surface area contributed by atoms with E-state index < -0.39 is 11.1 Å². The number of carbonyl (C=O) groups is 2. The van der Waals surface area contributed by atoms with Crippen LogP contribution in [0.3, 0.4) is 0 Å².